The SMILES string of the molecule is O=C(O)COCCCN1CCN(C2=Nc3ccccc3Oc3ccc(Cl)cc32)CC1. The number of rotatable bonds is 6. The van der Waals surface area contributed by atoms with Gasteiger partial charge in [-0.3, -0.25) is 4.90 Å². The second-order valence-corrected chi connectivity index (χ2v) is 7.71. The average Bonchev–Trinajstić information content (AvgIpc) is 2.90. The Morgan fingerprint density at radius 2 is 1.93 bits per heavy atom. The summed E-state index contributed by atoms with van der Waals surface area (Å²) in [6, 6.07) is 13.4. The van der Waals surface area contributed by atoms with Crippen LogP contribution in [0.4, 0.5) is 5.69 Å². The number of carboxylic acid groups (broad SMARTS) is 1. The normalized spacial score (nSPS) is 16.2. The van der Waals surface area contributed by atoms with Gasteiger partial charge in [0.25, 0.3) is 0 Å². The van der Waals surface area contributed by atoms with Crippen molar-refractivity contribution in [3.8, 4) is 11.5 Å². The number of para-hydroxylation sites is 2. The largest absolute Gasteiger partial charge is 0.480 e. The molecule has 7 nitrogen and oxygen atoms in total. The molecule has 30 heavy (non-hydrogen) atoms. The summed E-state index contributed by atoms with van der Waals surface area (Å²) in [6.07, 6.45) is 0.813. The van der Waals surface area contributed by atoms with E-state index in [4.69, 9.17) is 31.2 Å². The second kappa shape index (κ2) is 9.47. The number of piperazine rings is 1. The molecule has 8 heteroatoms. The minimum absolute atomic E-state index is 0.237. The van der Waals surface area contributed by atoms with Crippen LogP contribution in [0, 0.1) is 0 Å². The first kappa shape index (κ1) is 20.7. The van der Waals surface area contributed by atoms with Crippen molar-refractivity contribution in [1.29, 1.82) is 0 Å². The number of benzene rings is 2. The summed E-state index contributed by atoms with van der Waals surface area (Å²) < 4.78 is 11.2. The highest BCUT2D eigenvalue weighted by atomic mass is 35.5. The highest BCUT2D eigenvalue weighted by Crippen LogP contribution is 2.38. The van der Waals surface area contributed by atoms with Gasteiger partial charge in [-0.05, 0) is 36.8 Å². The monoisotopic (exact) mass is 429 g/mol. The van der Waals surface area contributed by atoms with Gasteiger partial charge in [-0.2, -0.15) is 0 Å². The van der Waals surface area contributed by atoms with Gasteiger partial charge in [-0.1, -0.05) is 23.7 Å². The maximum absolute atomic E-state index is 10.5. The molecule has 0 unspecified atom stereocenters. The summed E-state index contributed by atoms with van der Waals surface area (Å²) >= 11 is 6.29. The Labute approximate surface area is 180 Å². The second-order valence-electron chi connectivity index (χ2n) is 7.27. The Kier molecular flexibility index (Phi) is 6.52. The molecule has 0 atom stereocenters. The minimum Gasteiger partial charge on any atom is -0.480 e. The summed E-state index contributed by atoms with van der Waals surface area (Å²) in [5, 5.41) is 9.26. The number of aliphatic carboxylic acids is 1. The van der Waals surface area contributed by atoms with E-state index in [9.17, 15) is 4.79 Å². The number of nitrogens with zero attached hydrogens (tertiary/aromatic N) is 3. The number of ether oxygens (including phenoxy) is 2. The Morgan fingerprint density at radius 1 is 1.13 bits per heavy atom. The smallest absolute Gasteiger partial charge is 0.329 e. The van der Waals surface area contributed by atoms with Gasteiger partial charge < -0.3 is 19.5 Å². The van der Waals surface area contributed by atoms with E-state index >= 15 is 0 Å². The average molecular weight is 430 g/mol. The molecule has 1 fully saturated rings. The standard InChI is InChI=1S/C22H24ClN3O4/c23-16-6-7-19-17(14-16)22(24-18-4-1-2-5-20(18)30-19)26-11-9-25(10-12-26)8-3-13-29-15-21(27)28/h1-2,4-7,14H,3,8-13,15H2,(H,27,28). The predicted octanol–water partition coefficient (Wildman–Crippen LogP) is 3.63. The third-order valence-electron chi connectivity index (χ3n) is 5.15. The van der Waals surface area contributed by atoms with Crippen molar-refractivity contribution in [2.24, 2.45) is 4.99 Å². The minimum atomic E-state index is -0.932. The number of carbonyl (C=O) groups is 1. The first-order valence-corrected chi connectivity index (χ1v) is 10.4. The topological polar surface area (TPSA) is 74.6 Å². The van der Waals surface area contributed by atoms with Crippen LogP contribution in [0.3, 0.4) is 0 Å². The van der Waals surface area contributed by atoms with Crippen molar-refractivity contribution in [3.05, 3.63) is 53.1 Å². The first-order chi connectivity index (χ1) is 14.6. The molecule has 0 aliphatic carbocycles. The zero-order valence-electron chi connectivity index (χ0n) is 16.6. The molecule has 158 valence electrons. The molecule has 1 N–H and O–H groups in total. The van der Waals surface area contributed by atoms with E-state index in [1.54, 1.807) is 0 Å². The molecule has 0 spiro atoms. The number of hydrogen-bond acceptors (Lipinski definition) is 6. The highest BCUT2D eigenvalue weighted by Gasteiger charge is 2.26. The fourth-order valence-corrected chi connectivity index (χ4v) is 3.84. The molecule has 0 saturated carbocycles. The summed E-state index contributed by atoms with van der Waals surface area (Å²) in [4.78, 5) is 20.1. The van der Waals surface area contributed by atoms with E-state index in [0.717, 1.165) is 67.7 Å². The van der Waals surface area contributed by atoms with Gasteiger partial charge >= 0.3 is 5.97 Å². The molecule has 1 saturated heterocycles. The van der Waals surface area contributed by atoms with Gasteiger partial charge in [-0.15, -0.1) is 0 Å². The van der Waals surface area contributed by atoms with Crippen molar-refractivity contribution in [2.75, 3.05) is 45.9 Å². The number of aliphatic imine (C=N–C) groups is 1. The Morgan fingerprint density at radius 3 is 2.73 bits per heavy atom. The molecule has 4 rings (SSSR count). The molecule has 0 radical (unpaired) electrons. The summed E-state index contributed by atoms with van der Waals surface area (Å²) in [6.45, 7) is 4.57. The van der Waals surface area contributed by atoms with Gasteiger partial charge in [0, 0.05) is 44.4 Å². The fraction of sp³-hybridized carbons (Fsp3) is 0.364. The molecule has 2 aromatic rings. The number of amidine groups is 1. The van der Waals surface area contributed by atoms with Crippen molar-refractivity contribution in [2.45, 2.75) is 6.42 Å². The van der Waals surface area contributed by atoms with Crippen LogP contribution in [0.1, 0.15) is 12.0 Å². The maximum Gasteiger partial charge on any atom is 0.329 e. The van der Waals surface area contributed by atoms with Gasteiger partial charge in [0.2, 0.25) is 0 Å². The zero-order chi connectivity index (χ0) is 20.9. The van der Waals surface area contributed by atoms with Crippen LogP contribution in [-0.4, -0.2) is 72.6 Å². The third kappa shape index (κ3) is 4.92. The molecule has 2 aromatic carbocycles. The molecular weight excluding hydrogens is 406 g/mol. The molecule has 0 aromatic heterocycles. The quantitative estimate of drug-likeness (QED) is 0.707. The van der Waals surface area contributed by atoms with Crippen LogP contribution in [0.5, 0.6) is 11.5 Å². The van der Waals surface area contributed by atoms with Crippen LogP contribution < -0.4 is 4.74 Å². The molecule has 2 aliphatic heterocycles. The van der Waals surface area contributed by atoms with Crippen LogP contribution >= 0.6 is 11.6 Å². The van der Waals surface area contributed by atoms with Crippen LogP contribution in [0.2, 0.25) is 5.02 Å². The lowest BCUT2D eigenvalue weighted by Crippen LogP contribution is -2.49. The van der Waals surface area contributed by atoms with Crippen molar-refractivity contribution >= 4 is 29.1 Å². The fourth-order valence-electron chi connectivity index (χ4n) is 3.67. The van der Waals surface area contributed by atoms with Gasteiger partial charge in [0.1, 0.15) is 23.9 Å². The Bertz CT molecular complexity index is 942. The van der Waals surface area contributed by atoms with E-state index in [2.05, 4.69) is 9.80 Å². The molecule has 2 heterocycles. The van der Waals surface area contributed by atoms with Gasteiger partial charge in [-0.25, -0.2) is 9.79 Å². The third-order valence-corrected chi connectivity index (χ3v) is 5.39. The van der Waals surface area contributed by atoms with Crippen LogP contribution in [0.15, 0.2) is 47.5 Å². The lowest BCUT2D eigenvalue weighted by Gasteiger charge is -2.36. The molecular formula is C22H24ClN3O4. The van der Waals surface area contributed by atoms with E-state index in [1.807, 2.05) is 42.5 Å². The van der Waals surface area contributed by atoms with Crippen LogP contribution in [0.25, 0.3) is 0 Å². The van der Waals surface area contributed by atoms with E-state index in [-0.39, 0.29) is 6.61 Å². The summed E-state index contributed by atoms with van der Waals surface area (Å²) in [7, 11) is 0. The highest BCUT2D eigenvalue weighted by molar-refractivity contribution is 6.31. The maximum atomic E-state index is 10.5. The van der Waals surface area contributed by atoms with E-state index in [0.29, 0.717) is 11.6 Å². The zero-order valence-corrected chi connectivity index (χ0v) is 17.3. The van der Waals surface area contributed by atoms with Crippen molar-refractivity contribution in [3.63, 3.8) is 0 Å². The summed E-state index contributed by atoms with van der Waals surface area (Å²) in [5.41, 5.74) is 1.70. The lowest BCUT2D eigenvalue weighted by atomic mass is 10.1. The Hall–Kier alpha value is -2.61. The lowest BCUT2D eigenvalue weighted by molar-refractivity contribution is -0.142. The predicted molar refractivity (Wildman–Crippen MR) is 115 cm³/mol. The molecule has 0 bridgehead atoms. The first-order valence-electron chi connectivity index (χ1n) is 10.0. The summed E-state index contributed by atoms with van der Waals surface area (Å²) in [5.74, 6) is 1.43. The van der Waals surface area contributed by atoms with Gasteiger partial charge in [0.15, 0.2) is 5.75 Å². The van der Waals surface area contributed by atoms with Crippen molar-refractivity contribution < 1.29 is 19.4 Å². The molecule has 0 amide bonds. The molecule has 2 aliphatic rings. The number of fused-ring (bicyclic) bond motifs is 2. The number of hydrogen-bond donors (Lipinski definition) is 1. The van der Waals surface area contributed by atoms with E-state index < -0.39 is 5.97 Å². The Balaban J connectivity index is 1.44. The van der Waals surface area contributed by atoms with Crippen molar-refractivity contribution in [1.82, 2.24) is 9.80 Å². The number of carboxylic acids is 1. The van der Waals surface area contributed by atoms with Gasteiger partial charge in [0.05, 0.1) is 5.56 Å². The van der Waals surface area contributed by atoms with Crippen LogP contribution in [-0.2, 0) is 9.53 Å². The number of halogens is 1. The van der Waals surface area contributed by atoms with E-state index in [1.165, 1.54) is 0 Å².